The summed E-state index contributed by atoms with van der Waals surface area (Å²) in [4.78, 5) is 17.9. The minimum atomic E-state index is -4.54. The molecule has 0 spiro atoms. The van der Waals surface area contributed by atoms with E-state index in [1.54, 1.807) is 25.1 Å². The molecule has 0 radical (unpaired) electrons. The molecule has 0 aliphatic rings. The molecule has 0 aliphatic carbocycles. The zero-order valence-corrected chi connectivity index (χ0v) is 20.4. The van der Waals surface area contributed by atoms with Crippen LogP contribution in [-0.4, -0.2) is 29.7 Å². The first-order chi connectivity index (χ1) is 15.1. The topological polar surface area (TPSA) is 69.4 Å². The van der Waals surface area contributed by atoms with Crippen molar-refractivity contribution in [1.82, 2.24) is 29.7 Å². The van der Waals surface area contributed by atoms with E-state index in [0.29, 0.717) is 22.8 Å². The molecule has 0 fully saturated rings. The van der Waals surface area contributed by atoms with E-state index in [0.717, 1.165) is 22.1 Å². The molecule has 0 bridgehead atoms. The fourth-order valence-corrected chi connectivity index (χ4v) is 3.27. The van der Waals surface area contributed by atoms with Crippen LogP contribution >= 0.6 is 0 Å². The van der Waals surface area contributed by atoms with Crippen molar-refractivity contribution in [2.75, 3.05) is 0 Å². The van der Waals surface area contributed by atoms with Gasteiger partial charge in [-0.3, -0.25) is 10.1 Å². The summed E-state index contributed by atoms with van der Waals surface area (Å²) in [7, 11) is 0. The molecule has 0 saturated carbocycles. The van der Waals surface area contributed by atoms with Crippen LogP contribution in [0.1, 0.15) is 42.4 Å². The Bertz CT molecular complexity index is 1280. The van der Waals surface area contributed by atoms with Crippen molar-refractivity contribution in [1.29, 1.82) is 0 Å². The maximum absolute atomic E-state index is 12.9. The third-order valence-electron chi connectivity index (χ3n) is 5.08. The first kappa shape index (κ1) is 24.7. The van der Waals surface area contributed by atoms with E-state index in [2.05, 4.69) is 32.4 Å². The minimum absolute atomic E-state index is 0. The van der Waals surface area contributed by atoms with Crippen LogP contribution in [0, 0.1) is 26.2 Å². The number of nitrogens with zero attached hydrogens (tertiary/aromatic N) is 6. The van der Waals surface area contributed by atoms with Crippen molar-refractivity contribution in [3.05, 3.63) is 83.5 Å². The molecule has 4 aromatic heterocycles. The van der Waals surface area contributed by atoms with Gasteiger partial charge in [-0.15, -0.1) is 6.07 Å². The van der Waals surface area contributed by atoms with Crippen LogP contribution in [0.2, 0.25) is 0 Å². The number of rotatable bonds is 4. The van der Waals surface area contributed by atoms with Crippen molar-refractivity contribution in [2.45, 2.75) is 39.3 Å². The molecule has 0 N–H and O–H groups in total. The molecule has 0 unspecified atom stereocenters. The fraction of sp³-hybridized carbons (Fsp3) is 0.261. The van der Waals surface area contributed by atoms with Gasteiger partial charge in [-0.1, -0.05) is 42.9 Å². The number of pyridine rings is 2. The Kier molecular flexibility index (Phi) is 6.84. The molecule has 33 heavy (non-hydrogen) atoms. The van der Waals surface area contributed by atoms with E-state index < -0.39 is 17.3 Å². The van der Waals surface area contributed by atoms with Gasteiger partial charge < -0.3 is 19.6 Å². The van der Waals surface area contributed by atoms with Crippen molar-refractivity contribution in [3.8, 4) is 17.1 Å². The monoisotopic (exact) mass is 631 g/mol. The van der Waals surface area contributed by atoms with E-state index in [-0.39, 0.29) is 26.9 Å². The summed E-state index contributed by atoms with van der Waals surface area (Å²) in [5, 5.41) is 3.56. The maximum Gasteiger partial charge on any atom is 2.00 e. The summed E-state index contributed by atoms with van der Waals surface area (Å²) in [6.07, 6.45) is 0.921. The van der Waals surface area contributed by atoms with Gasteiger partial charge in [-0.25, -0.2) is 0 Å². The van der Waals surface area contributed by atoms with Crippen LogP contribution in [0.15, 0.2) is 42.5 Å². The second kappa shape index (κ2) is 9.14. The maximum atomic E-state index is 12.9. The van der Waals surface area contributed by atoms with Gasteiger partial charge in [-0.2, -0.15) is 13.2 Å². The van der Waals surface area contributed by atoms with Gasteiger partial charge in [0.05, 0.1) is 11.5 Å². The first-order valence-electron chi connectivity index (χ1n) is 9.79. The summed E-state index contributed by atoms with van der Waals surface area (Å²) in [6.45, 7) is 7.57. The molecular weight excluding hydrogens is 612 g/mol. The average molecular weight is 632 g/mol. The second-order valence-electron chi connectivity index (χ2n) is 7.83. The average Bonchev–Trinajstić information content (AvgIpc) is 3.25. The largest absolute Gasteiger partial charge is 2.00 e. The standard InChI is InChI=1S/C23H19F3N6.Pt/c1-14-16(13-27-15(2)28-14)17-7-5-8-18(29-17)22(3,4)19-9-6-10-21(30-19)32-12-11-20(31-32)23(24,25)26;/h5-11H,1-4H3;/q-2;+2. The Morgan fingerprint density at radius 3 is 2.18 bits per heavy atom. The molecule has 10 heteroatoms. The van der Waals surface area contributed by atoms with Gasteiger partial charge in [-0.05, 0) is 50.5 Å². The van der Waals surface area contributed by atoms with Crippen LogP contribution in [-0.2, 0) is 32.7 Å². The number of hydrogen-bond donors (Lipinski definition) is 0. The normalized spacial score (nSPS) is 11.8. The van der Waals surface area contributed by atoms with Crippen molar-refractivity contribution in [2.24, 2.45) is 0 Å². The predicted molar refractivity (Wildman–Crippen MR) is 111 cm³/mol. The van der Waals surface area contributed by atoms with E-state index in [9.17, 15) is 13.2 Å². The fourth-order valence-electron chi connectivity index (χ4n) is 3.27. The van der Waals surface area contributed by atoms with E-state index >= 15 is 0 Å². The molecule has 0 saturated heterocycles. The van der Waals surface area contributed by atoms with Crippen LogP contribution in [0.5, 0.6) is 0 Å². The molecule has 4 heterocycles. The first-order valence-corrected chi connectivity index (χ1v) is 9.79. The van der Waals surface area contributed by atoms with Gasteiger partial charge >= 0.3 is 27.2 Å². The zero-order valence-electron chi connectivity index (χ0n) is 18.2. The molecule has 0 amide bonds. The number of halogens is 3. The minimum Gasteiger partial charge on any atom is -0.343 e. The van der Waals surface area contributed by atoms with Crippen LogP contribution in [0.4, 0.5) is 13.2 Å². The molecule has 0 atom stereocenters. The Balaban J connectivity index is 0.00000306. The smallest absolute Gasteiger partial charge is 0.343 e. The summed E-state index contributed by atoms with van der Waals surface area (Å²) in [5.74, 6) is 0.867. The number of hydrogen-bond acceptors (Lipinski definition) is 5. The van der Waals surface area contributed by atoms with Crippen molar-refractivity contribution < 1.29 is 34.2 Å². The van der Waals surface area contributed by atoms with Crippen LogP contribution in [0.3, 0.4) is 0 Å². The summed E-state index contributed by atoms with van der Waals surface area (Å²) in [5.41, 5.74) is 1.84. The third-order valence-corrected chi connectivity index (χ3v) is 5.08. The zero-order chi connectivity index (χ0) is 23.1. The van der Waals surface area contributed by atoms with Crippen LogP contribution < -0.4 is 0 Å². The van der Waals surface area contributed by atoms with Crippen molar-refractivity contribution >= 4 is 0 Å². The summed E-state index contributed by atoms with van der Waals surface area (Å²) < 4.78 is 39.7. The van der Waals surface area contributed by atoms with Gasteiger partial charge in [0.25, 0.3) is 0 Å². The number of aromatic nitrogens is 6. The number of alkyl halides is 3. The summed E-state index contributed by atoms with van der Waals surface area (Å²) in [6, 6.07) is 11.5. The van der Waals surface area contributed by atoms with Crippen molar-refractivity contribution in [3.63, 3.8) is 0 Å². The van der Waals surface area contributed by atoms with E-state index in [4.69, 9.17) is 4.98 Å². The third kappa shape index (κ3) is 5.03. The Morgan fingerprint density at radius 1 is 0.879 bits per heavy atom. The second-order valence-corrected chi connectivity index (χ2v) is 7.83. The Hall–Kier alpha value is -2.93. The van der Waals surface area contributed by atoms with E-state index in [1.165, 1.54) is 0 Å². The molecular formula is C23H19F3N6Pt. The number of aryl methyl sites for hydroxylation is 2. The predicted octanol–water partition coefficient (Wildman–Crippen LogP) is 4.68. The molecule has 0 aliphatic heterocycles. The van der Waals surface area contributed by atoms with Gasteiger partial charge in [0.2, 0.25) is 0 Å². The van der Waals surface area contributed by atoms with Gasteiger partial charge in [0, 0.05) is 22.6 Å². The molecule has 4 rings (SSSR count). The van der Waals surface area contributed by atoms with E-state index in [1.807, 2.05) is 39.0 Å². The Morgan fingerprint density at radius 2 is 1.55 bits per heavy atom. The molecule has 4 aromatic rings. The quantitative estimate of drug-likeness (QED) is 0.306. The summed E-state index contributed by atoms with van der Waals surface area (Å²) >= 11 is 0. The SMILES string of the molecule is Cc1n[c-]c(-c2cccc(C(C)(C)c3cccc(-n4[c-]cc(C(F)(F)F)n4)n3)n2)c(C)n1.[Pt+2]. The molecule has 0 aromatic carbocycles. The molecule has 6 nitrogen and oxygen atoms in total. The molecule has 172 valence electrons. The van der Waals surface area contributed by atoms with Gasteiger partial charge in [0.15, 0.2) is 0 Å². The Labute approximate surface area is 203 Å². The van der Waals surface area contributed by atoms with Gasteiger partial charge in [0.1, 0.15) is 0 Å². The van der Waals surface area contributed by atoms with Crippen LogP contribution in [0.25, 0.3) is 17.1 Å².